The molecule has 1 heterocycles. The third-order valence-corrected chi connectivity index (χ3v) is 6.24. The fourth-order valence-corrected chi connectivity index (χ4v) is 4.37. The molecule has 0 aliphatic carbocycles. The van der Waals surface area contributed by atoms with Crippen molar-refractivity contribution in [2.75, 3.05) is 32.8 Å². The SMILES string of the molecule is CCOCCCNC(=O)C1CCN(S(=O)(=O)c2ccc(F)cc2F)CC1. The zero-order valence-electron chi connectivity index (χ0n) is 14.7. The highest BCUT2D eigenvalue weighted by Crippen LogP contribution is 2.25. The van der Waals surface area contributed by atoms with Gasteiger partial charge in [0, 0.05) is 44.8 Å². The zero-order valence-corrected chi connectivity index (χ0v) is 15.5. The smallest absolute Gasteiger partial charge is 0.245 e. The Morgan fingerprint density at radius 1 is 1.31 bits per heavy atom. The van der Waals surface area contributed by atoms with Gasteiger partial charge in [0.25, 0.3) is 0 Å². The summed E-state index contributed by atoms with van der Waals surface area (Å²) >= 11 is 0. The lowest BCUT2D eigenvalue weighted by Gasteiger charge is -2.30. The van der Waals surface area contributed by atoms with Gasteiger partial charge in [-0.2, -0.15) is 4.31 Å². The summed E-state index contributed by atoms with van der Waals surface area (Å²) in [5.74, 6) is -2.32. The largest absolute Gasteiger partial charge is 0.382 e. The molecule has 2 rings (SSSR count). The number of sulfonamides is 1. The Bertz CT molecular complexity index is 719. The van der Waals surface area contributed by atoms with Gasteiger partial charge in [-0.25, -0.2) is 17.2 Å². The van der Waals surface area contributed by atoms with E-state index in [-0.39, 0.29) is 24.9 Å². The van der Waals surface area contributed by atoms with Crippen LogP contribution in [0.4, 0.5) is 8.78 Å². The third kappa shape index (κ3) is 5.21. The number of ether oxygens (including phenoxy) is 1. The van der Waals surface area contributed by atoms with Crippen LogP contribution in [0.15, 0.2) is 23.1 Å². The topological polar surface area (TPSA) is 75.7 Å². The monoisotopic (exact) mass is 390 g/mol. The average Bonchev–Trinajstić information content (AvgIpc) is 2.61. The first kappa shape index (κ1) is 20.7. The molecule has 146 valence electrons. The van der Waals surface area contributed by atoms with Crippen LogP contribution < -0.4 is 5.32 Å². The highest BCUT2D eigenvalue weighted by Gasteiger charge is 2.33. The molecule has 1 amide bonds. The Kier molecular flexibility index (Phi) is 7.48. The van der Waals surface area contributed by atoms with Crippen LogP contribution in [0.5, 0.6) is 0 Å². The Morgan fingerprint density at radius 2 is 2.00 bits per heavy atom. The molecule has 1 saturated heterocycles. The van der Waals surface area contributed by atoms with Gasteiger partial charge in [-0.15, -0.1) is 0 Å². The number of halogens is 2. The molecular formula is C17H24F2N2O4S. The van der Waals surface area contributed by atoms with E-state index >= 15 is 0 Å². The van der Waals surface area contributed by atoms with Gasteiger partial charge < -0.3 is 10.1 Å². The van der Waals surface area contributed by atoms with E-state index in [4.69, 9.17) is 4.74 Å². The number of rotatable bonds is 8. The molecule has 0 saturated carbocycles. The minimum Gasteiger partial charge on any atom is -0.382 e. The van der Waals surface area contributed by atoms with Crippen LogP contribution in [0.25, 0.3) is 0 Å². The second kappa shape index (κ2) is 9.38. The van der Waals surface area contributed by atoms with E-state index < -0.39 is 26.6 Å². The van der Waals surface area contributed by atoms with Crippen LogP contribution >= 0.6 is 0 Å². The van der Waals surface area contributed by atoms with Crippen LogP contribution in [-0.2, 0) is 19.6 Å². The summed E-state index contributed by atoms with van der Waals surface area (Å²) in [4.78, 5) is 11.6. The number of hydrogen-bond donors (Lipinski definition) is 1. The van der Waals surface area contributed by atoms with Gasteiger partial charge >= 0.3 is 0 Å². The fourth-order valence-electron chi connectivity index (χ4n) is 2.86. The summed E-state index contributed by atoms with van der Waals surface area (Å²) in [7, 11) is -4.04. The van der Waals surface area contributed by atoms with E-state index in [0.29, 0.717) is 38.7 Å². The van der Waals surface area contributed by atoms with Crippen molar-refractivity contribution in [3.63, 3.8) is 0 Å². The predicted molar refractivity (Wildman–Crippen MR) is 92.0 cm³/mol. The summed E-state index contributed by atoms with van der Waals surface area (Å²) in [6, 6.07) is 2.39. The van der Waals surface area contributed by atoms with Crippen molar-refractivity contribution in [2.45, 2.75) is 31.1 Å². The Morgan fingerprint density at radius 3 is 2.62 bits per heavy atom. The number of carbonyl (C=O) groups is 1. The second-order valence-corrected chi connectivity index (χ2v) is 8.00. The molecule has 0 spiro atoms. The molecule has 26 heavy (non-hydrogen) atoms. The van der Waals surface area contributed by atoms with Crippen molar-refractivity contribution >= 4 is 15.9 Å². The van der Waals surface area contributed by atoms with Gasteiger partial charge in [0.05, 0.1) is 0 Å². The molecule has 1 aromatic carbocycles. The lowest BCUT2D eigenvalue weighted by molar-refractivity contribution is -0.126. The Labute approximate surface area is 152 Å². The molecule has 9 heteroatoms. The minimum absolute atomic E-state index is 0.105. The number of piperidine rings is 1. The van der Waals surface area contributed by atoms with Crippen molar-refractivity contribution in [1.82, 2.24) is 9.62 Å². The van der Waals surface area contributed by atoms with Gasteiger partial charge in [-0.1, -0.05) is 0 Å². The zero-order chi connectivity index (χ0) is 19.2. The van der Waals surface area contributed by atoms with Crippen LogP contribution in [0.1, 0.15) is 26.2 Å². The van der Waals surface area contributed by atoms with Crippen molar-refractivity contribution in [2.24, 2.45) is 5.92 Å². The summed E-state index contributed by atoms with van der Waals surface area (Å²) in [5, 5.41) is 2.82. The molecule has 1 fully saturated rings. The first-order chi connectivity index (χ1) is 12.4. The molecule has 0 unspecified atom stereocenters. The molecule has 0 radical (unpaired) electrons. The molecule has 1 aliphatic rings. The van der Waals surface area contributed by atoms with Gasteiger partial charge in [0.1, 0.15) is 16.5 Å². The number of amides is 1. The molecule has 1 aliphatic heterocycles. The maximum atomic E-state index is 13.8. The van der Waals surface area contributed by atoms with E-state index in [1.54, 1.807) is 0 Å². The van der Waals surface area contributed by atoms with E-state index in [2.05, 4.69) is 5.32 Å². The van der Waals surface area contributed by atoms with E-state index in [0.717, 1.165) is 22.9 Å². The fraction of sp³-hybridized carbons (Fsp3) is 0.588. The molecule has 0 atom stereocenters. The Hall–Kier alpha value is -1.58. The molecule has 0 bridgehead atoms. The van der Waals surface area contributed by atoms with Crippen molar-refractivity contribution in [3.05, 3.63) is 29.8 Å². The van der Waals surface area contributed by atoms with Crippen LogP contribution in [0.3, 0.4) is 0 Å². The Balaban J connectivity index is 1.88. The van der Waals surface area contributed by atoms with E-state index in [1.807, 2.05) is 6.92 Å². The summed E-state index contributed by atoms with van der Waals surface area (Å²) in [6.07, 6.45) is 1.44. The van der Waals surface area contributed by atoms with Crippen LogP contribution in [0.2, 0.25) is 0 Å². The highest BCUT2D eigenvalue weighted by atomic mass is 32.2. The van der Waals surface area contributed by atoms with Crippen molar-refractivity contribution in [1.29, 1.82) is 0 Å². The molecule has 1 N–H and O–H groups in total. The lowest BCUT2D eigenvalue weighted by atomic mass is 9.97. The van der Waals surface area contributed by atoms with Gasteiger partial charge in [0.15, 0.2) is 0 Å². The molecule has 6 nitrogen and oxygen atoms in total. The maximum Gasteiger partial charge on any atom is 0.245 e. The number of hydrogen-bond acceptors (Lipinski definition) is 4. The summed E-state index contributed by atoms with van der Waals surface area (Å²) < 4.78 is 58.2. The summed E-state index contributed by atoms with van der Waals surface area (Å²) in [6.45, 7) is 3.87. The third-order valence-electron chi connectivity index (χ3n) is 4.31. The maximum absolute atomic E-state index is 13.8. The van der Waals surface area contributed by atoms with E-state index in [1.165, 1.54) is 0 Å². The lowest BCUT2D eigenvalue weighted by Crippen LogP contribution is -2.43. The molecular weight excluding hydrogens is 366 g/mol. The van der Waals surface area contributed by atoms with Crippen molar-refractivity contribution in [3.8, 4) is 0 Å². The standard InChI is InChI=1S/C17H24F2N2O4S/c1-2-25-11-3-8-20-17(22)13-6-9-21(10-7-13)26(23,24)16-5-4-14(18)12-15(16)19/h4-5,12-13H,2-3,6-11H2,1H3,(H,20,22). The number of benzene rings is 1. The molecule has 1 aromatic rings. The van der Waals surface area contributed by atoms with Crippen molar-refractivity contribution < 1.29 is 26.7 Å². The first-order valence-electron chi connectivity index (χ1n) is 8.67. The number of carbonyl (C=O) groups excluding carboxylic acids is 1. The van der Waals surface area contributed by atoms with Crippen LogP contribution in [0, 0.1) is 17.6 Å². The second-order valence-electron chi connectivity index (χ2n) is 6.09. The molecule has 0 aromatic heterocycles. The summed E-state index contributed by atoms with van der Waals surface area (Å²) in [5.41, 5.74) is 0. The van der Waals surface area contributed by atoms with Gasteiger partial charge in [0.2, 0.25) is 15.9 Å². The van der Waals surface area contributed by atoms with E-state index in [9.17, 15) is 22.0 Å². The number of nitrogens with zero attached hydrogens (tertiary/aromatic N) is 1. The highest BCUT2D eigenvalue weighted by molar-refractivity contribution is 7.89. The predicted octanol–water partition coefficient (Wildman–Crippen LogP) is 1.91. The number of nitrogens with one attached hydrogen (secondary N) is 1. The van der Waals surface area contributed by atoms with Gasteiger partial charge in [-0.05, 0) is 38.3 Å². The van der Waals surface area contributed by atoms with Gasteiger partial charge in [-0.3, -0.25) is 4.79 Å². The normalized spacial score (nSPS) is 16.6. The average molecular weight is 390 g/mol. The van der Waals surface area contributed by atoms with Crippen LogP contribution in [-0.4, -0.2) is 51.5 Å². The quantitative estimate of drug-likeness (QED) is 0.688. The first-order valence-corrected chi connectivity index (χ1v) is 10.1. The minimum atomic E-state index is -4.04.